The van der Waals surface area contributed by atoms with Gasteiger partial charge in [-0.2, -0.15) is 0 Å². The van der Waals surface area contributed by atoms with E-state index >= 15 is 0 Å². The van der Waals surface area contributed by atoms with Crippen molar-refractivity contribution in [2.45, 2.75) is 32.3 Å². The number of hydrogen-bond donors (Lipinski definition) is 1. The van der Waals surface area contributed by atoms with Crippen molar-refractivity contribution in [1.82, 2.24) is 0 Å². The first-order valence-electron chi connectivity index (χ1n) is 5.05. The summed E-state index contributed by atoms with van der Waals surface area (Å²) >= 11 is 0. The lowest BCUT2D eigenvalue weighted by Gasteiger charge is -2.13. The van der Waals surface area contributed by atoms with Gasteiger partial charge in [-0.3, -0.25) is 4.79 Å². The Hall–Kier alpha value is -0.650. The van der Waals surface area contributed by atoms with Crippen LogP contribution in [0.25, 0.3) is 0 Å². The number of aliphatic hydroxyl groups is 1. The number of unbranched alkanes of at least 4 members (excludes halogenated alkanes) is 1. The van der Waals surface area contributed by atoms with E-state index in [9.17, 15) is 4.79 Å². The molecule has 0 bridgehead atoms. The molecular formula is C10H20O5. The Morgan fingerprint density at radius 3 is 2.67 bits per heavy atom. The zero-order chi connectivity index (χ0) is 11.5. The summed E-state index contributed by atoms with van der Waals surface area (Å²) in [6.07, 6.45) is 1.99. The Morgan fingerprint density at radius 2 is 2.13 bits per heavy atom. The number of carbonyl (C=O) groups is 1. The Balaban J connectivity index is 3.34. The van der Waals surface area contributed by atoms with Gasteiger partial charge in [0.1, 0.15) is 12.9 Å². The van der Waals surface area contributed by atoms with E-state index in [0.29, 0.717) is 19.8 Å². The third-order valence-electron chi connectivity index (χ3n) is 1.80. The number of methoxy groups -OCH3 is 1. The van der Waals surface area contributed by atoms with Crippen LogP contribution in [-0.2, 0) is 19.0 Å². The number of hydrogen-bond acceptors (Lipinski definition) is 5. The van der Waals surface area contributed by atoms with Gasteiger partial charge in [-0.25, -0.2) is 0 Å². The highest BCUT2D eigenvalue weighted by Crippen LogP contribution is 2.05. The lowest BCUT2D eigenvalue weighted by Crippen LogP contribution is -2.20. The molecule has 0 saturated heterocycles. The quantitative estimate of drug-likeness (QED) is 0.352. The summed E-state index contributed by atoms with van der Waals surface area (Å²) in [6, 6.07) is 0. The first-order chi connectivity index (χ1) is 7.20. The summed E-state index contributed by atoms with van der Waals surface area (Å²) in [5, 5.41) is 8.89. The van der Waals surface area contributed by atoms with E-state index in [1.807, 2.05) is 0 Å². The SMILES string of the molecule is COCOCCCCC(CO)OC(C)=O. The smallest absolute Gasteiger partial charge is 0.302 e. The maximum Gasteiger partial charge on any atom is 0.302 e. The van der Waals surface area contributed by atoms with Gasteiger partial charge in [0.05, 0.1) is 6.61 Å². The molecule has 1 N–H and O–H groups in total. The van der Waals surface area contributed by atoms with E-state index in [1.165, 1.54) is 6.92 Å². The highest BCUT2D eigenvalue weighted by molar-refractivity contribution is 5.66. The van der Waals surface area contributed by atoms with Gasteiger partial charge >= 0.3 is 5.97 Å². The summed E-state index contributed by atoms with van der Waals surface area (Å²) in [7, 11) is 1.57. The second-order valence-electron chi connectivity index (χ2n) is 3.22. The molecule has 0 saturated carbocycles. The molecule has 0 aliphatic carbocycles. The number of esters is 1. The normalized spacial score (nSPS) is 12.5. The molecule has 0 fully saturated rings. The van der Waals surface area contributed by atoms with E-state index in [0.717, 1.165) is 12.8 Å². The molecule has 90 valence electrons. The van der Waals surface area contributed by atoms with Crippen molar-refractivity contribution in [3.63, 3.8) is 0 Å². The van der Waals surface area contributed by atoms with E-state index < -0.39 is 0 Å². The van der Waals surface area contributed by atoms with Crippen LogP contribution in [0.2, 0.25) is 0 Å². The zero-order valence-corrected chi connectivity index (χ0v) is 9.40. The standard InChI is InChI=1S/C10H20O5/c1-9(12)15-10(7-11)5-3-4-6-14-8-13-2/h10-11H,3-8H2,1-2H3. The van der Waals surface area contributed by atoms with Crippen LogP contribution in [0.15, 0.2) is 0 Å². The molecule has 0 aromatic rings. The van der Waals surface area contributed by atoms with Crippen molar-refractivity contribution < 1.29 is 24.1 Å². The van der Waals surface area contributed by atoms with Crippen molar-refractivity contribution in [3.8, 4) is 0 Å². The van der Waals surface area contributed by atoms with Gasteiger partial charge in [0, 0.05) is 20.6 Å². The fourth-order valence-corrected chi connectivity index (χ4v) is 1.14. The zero-order valence-electron chi connectivity index (χ0n) is 9.40. The van der Waals surface area contributed by atoms with Crippen molar-refractivity contribution in [1.29, 1.82) is 0 Å². The van der Waals surface area contributed by atoms with E-state index in [2.05, 4.69) is 0 Å². The monoisotopic (exact) mass is 220 g/mol. The minimum atomic E-state index is -0.384. The van der Waals surface area contributed by atoms with Crippen LogP contribution in [0.4, 0.5) is 0 Å². The van der Waals surface area contributed by atoms with Crippen LogP contribution in [0.3, 0.4) is 0 Å². The Kier molecular flexibility index (Phi) is 9.46. The van der Waals surface area contributed by atoms with Gasteiger partial charge < -0.3 is 19.3 Å². The van der Waals surface area contributed by atoms with Crippen LogP contribution in [0.1, 0.15) is 26.2 Å². The first-order valence-corrected chi connectivity index (χ1v) is 5.05. The van der Waals surface area contributed by atoms with Gasteiger partial charge in [-0.15, -0.1) is 0 Å². The van der Waals surface area contributed by atoms with Gasteiger partial charge in [-0.05, 0) is 19.3 Å². The Labute approximate surface area is 90.3 Å². The summed E-state index contributed by atoms with van der Waals surface area (Å²) < 4.78 is 14.7. The molecule has 1 atom stereocenters. The van der Waals surface area contributed by atoms with E-state index in [1.54, 1.807) is 7.11 Å². The fourth-order valence-electron chi connectivity index (χ4n) is 1.14. The molecule has 0 rings (SSSR count). The summed E-state index contributed by atoms with van der Waals surface area (Å²) in [6.45, 7) is 2.13. The number of rotatable bonds is 9. The molecule has 0 heterocycles. The van der Waals surface area contributed by atoms with Crippen molar-refractivity contribution in [3.05, 3.63) is 0 Å². The van der Waals surface area contributed by atoms with Crippen molar-refractivity contribution in [2.75, 3.05) is 27.1 Å². The molecule has 15 heavy (non-hydrogen) atoms. The lowest BCUT2D eigenvalue weighted by atomic mass is 10.1. The second-order valence-corrected chi connectivity index (χ2v) is 3.22. The topological polar surface area (TPSA) is 65.0 Å². The predicted molar refractivity (Wildman–Crippen MR) is 54.3 cm³/mol. The summed E-state index contributed by atoms with van der Waals surface area (Å²) in [5.41, 5.74) is 0. The molecule has 1 unspecified atom stereocenters. The Bertz CT molecular complexity index is 160. The van der Waals surface area contributed by atoms with Gasteiger partial charge in [0.2, 0.25) is 0 Å². The maximum atomic E-state index is 10.6. The molecule has 0 aromatic carbocycles. The van der Waals surface area contributed by atoms with Crippen LogP contribution >= 0.6 is 0 Å². The molecule has 0 spiro atoms. The highest BCUT2D eigenvalue weighted by atomic mass is 16.7. The van der Waals surface area contributed by atoms with Crippen LogP contribution in [0, 0.1) is 0 Å². The molecule has 0 radical (unpaired) electrons. The van der Waals surface area contributed by atoms with Crippen LogP contribution in [0.5, 0.6) is 0 Å². The van der Waals surface area contributed by atoms with E-state index in [-0.39, 0.29) is 18.7 Å². The molecule has 5 heteroatoms. The minimum Gasteiger partial charge on any atom is -0.460 e. The van der Waals surface area contributed by atoms with Crippen molar-refractivity contribution in [2.24, 2.45) is 0 Å². The van der Waals surface area contributed by atoms with Gasteiger partial charge in [0.25, 0.3) is 0 Å². The number of carbonyl (C=O) groups excluding carboxylic acids is 1. The van der Waals surface area contributed by atoms with Crippen molar-refractivity contribution >= 4 is 5.97 Å². The minimum absolute atomic E-state index is 0.126. The maximum absolute atomic E-state index is 10.6. The first kappa shape index (κ1) is 14.3. The molecule has 5 nitrogen and oxygen atoms in total. The van der Waals surface area contributed by atoms with Gasteiger partial charge in [-0.1, -0.05) is 0 Å². The highest BCUT2D eigenvalue weighted by Gasteiger charge is 2.09. The average molecular weight is 220 g/mol. The third-order valence-corrected chi connectivity index (χ3v) is 1.80. The molecule has 0 aliphatic heterocycles. The summed E-state index contributed by atoms with van der Waals surface area (Å²) in [5.74, 6) is -0.357. The lowest BCUT2D eigenvalue weighted by molar-refractivity contribution is -0.148. The fraction of sp³-hybridized carbons (Fsp3) is 0.900. The molecular weight excluding hydrogens is 200 g/mol. The predicted octanol–water partition coefficient (Wildman–Crippen LogP) is 0.701. The van der Waals surface area contributed by atoms with Crippen LogP contribution < -0.4 is 0 Å². The van der Waals surface area contributed by atoms with Gasteiger partial charge in [0.15, 0.2) is 0 Å². The molecule has 0 aromatic heterocycles. The largest absolute Gasteiger partial charge is 0.460 e. The molecule has 0 aliphatic rings. The second kappa shape index (κ2) is 9.89. The number of aliphatic hydroxyl groups excluding tert-OH is 1. The Morgan fingerprint density at radius 1 is 1.40 bits per heavy atom. The average Bonchev–Trinajstić information content (AvgIpc) is 2.20. The number of ether oxygens (including phenoxy) is 3. The molecule has 0 amide bonds. The summed E-state index contributed by atoms with van der Waals surface area (Å²) in [4.78, 5) is 10.6. The van der Waals surface area contributed by atoms with E-state index in [4.69, 9.17) is 19.3 Å². The van der Waals surface area contributed by atoms with Crippen LogP contribution in [-0.4, -0.2) is 44.3 Å². The third kappa shape index (κ3) is 9.65.